The summed E-state index contributed by atoms with van der Waals surface area (Å²) in [6.07, 6.45) is 2.97. The number of pyridine rings is 1. The van der Waals surface area contributed by atoms with E-state index in [9.17, 15) is 14.9 Å². The highest BCUT2D eigenvalue weighted by molar-refractivity contribution is 5.99. The SMILES string of the molecule is CCCC(C)N(C)C(=O)c1cc([N+](=O)[O-])cnc1NC. The van der Waals surface area contributed by atoms with Crippen LogP contribution in [0, 0.1) is 10.1 Å². The number of rotatable bonds is 6. The maximum Gasteiger partial charge on any atom is 0.288 e. The van der Waals surface area contributed by atoms with Gasteiger partial charge in [0.15, 0.2) is 0 Å². The van der Waals surface area contributed by atoms with Gasteiger partial charge in [-0.25, -0.2) is 4.98 Å². The minimum Gasteiger partial charge on any atom is -0.372 e. The molecule has 0 aromatic carbocycles. The second-order valence-electron chi connectivity index (χ2n) is 4.65. The van der Waals surface area contributed by atoms with Gasteiger partial charge in [0.05, 0.1) is 10.5 Å². The minimum absolute atomic E-state index is 0.0662. The predicted molar refractivity (Wildman–Crippen MR) is 76.9 cm³/mol. The summed E-state index contributed by atoms with van der Waals surface area (Å²) < 4.78 is 0. The first-order valence-electron chi connectivity index (χ1n) is 6.51. The summed E-state index contributed by atoms with van der Waals surface area (Å²) >= 11 is 0. The van der Waals surface area contributed by atoms with Crippen molar-refractivity contribution in [1.82, 2.24) is 9.88 Å². The van der Waals surface area contributed by atoms with Crippen LogP contribution >= 0.6 is 0 Å². The summed E-state index contributed by atoms with van der Waals surface area (Å²) in [5, 5.41) is 13.6. The molecule has 7 nitrogen and oxygen atoms in total. The Hall–Kier alpha value is -2.18. The number of nitrogens with zero attached hydrogens (tertiary/aromatic N) is 3. The first-order valence-corrected chi connectivity index (χ1v) is 6.51. The van der Waals surface area contributed by atoms with E-state index in [1.807, 2.05) is 13.8 Å². The van der Waals surface area contributed by atoms with Crippen molar-refractivity contribution in [3.05, 3.63) is 27.9 Å². The van der Waals surface area contributed by atoms with Crippen LogP contribution in [-0.4, -0.2) is 40.9 Å². The first kappa shape index (κ1) is 15.9. The Labute approximate surface area is 118 Å². The second kappa shape index (κ2) is 6.83. The summed E-state index contributed by atoms with van der Waals surface area (Å²) in [4.78, 5) is 28.2. The normalized spacial score (nSPS) is 11.8. The van der Waals surface area contributed by atoms with Crippen molar-refractivity contribution in [2.75, 3.05) is 19.4 Å². The number of carbonyl (C=O) groups excluding carboxylic acids is 1. The maximum atomic E-state index is 12.4. The zero-order chi connectivity index (χ0) is 15.3. The third-order valence-electron chi connectivity index (χ3n) is 3.24. The largest absolute Gasteiger partial charge is 0.372 e. The van der Waals surface area contributed by atoms with Gasteiger partial charge in [-0.1, -0.05) is 13.3 Å². The number of aromatic nitrogens is 1. The van der Waals surface area contributed by atoms with E-state index < -0.39 is 4.92 Å². The van der Waals surface area contributed by atoms with Crippen molar-refractivity contribution in [3.63, 3.8) is 0 Å². The van der Waals surface area contributed by atoms with Crippen molar-refractivity contribution >= 4 is 17.4 Å². The molecule has 1 atom stereocenters. The van der Waals surface area contributed by atoms with Crippen LogP contribution in [0.5, 0.6) is 0 Å². The Kier molecular flexibility index (Phi) is 5.42. The number of nitrogens with one attached hydrogen (secondary N) is 1. The molecule has 1 heterocycles. The Balaban J connectivity index is 3.12. The van der Waals surface area contributed by atoms with Gasteiger partial charge >= 0.3 is 0 Å². The lowest BCUT2D eigenvalue weighted by atomic mass is 10.1. The van der Waals surface area contributed by atoms with Crippen LogP contribution in [0.1, 0.15) is 37.0 Å². The molecule has 1 unspecified atom stereocenters. The van der Waals surface area contributed by atoms with Gasteiger partial charge < -0.3 is 10.2 Å². The number of anilines is 1. The lowest BCUT2D eigenvalue weighted by Crippen LogP contribution is -2.35. The van der Waals surface area contributed by atoms with Crippen molar-refractivity contribution < 1.29 is 9.72 Å². The fourth-order valence-corrected chi connectivity index (χ4v) is 1.92. The molecule has 0 aliphatic heterocycles. The number of amides is 1. The van der Waals surface area contributed by atoms with Crippen LogP contribution in [-0.2, 0) is 0 Å². The highest BCUT2D eigenvalue weighted by Crippen LogP contribution is 2.21. The van der Waals surface area contributed by atoms with E-state index in [0.29, 0.717) is 5.82 Å². The average Bonchev–Trinajstić information content (AvgIpc) is 2.45. The Morgan fingerprint density at radius 1 is 1.60 bits per heavy atom. The second-order valence-corrected chi connectivity index (χ2v) is 4.65. The molecule has 1 N–H and O–H groups in total. The molecule has 1 aromatic heterocycles. The van der Waals surface area contributed by atoms with Crippen LogP contribution in [0.3, 0.4) is 0 Å². The highest BCUT2D eigenvalue weighted by Gasteiger charge is 2.23. The van der Waals surface area contributed by atoms with E-state index in [0.717, 1.165) is 19.0 Å². The molecule has 0 saturated carbocycles. The molecular weight excluding hydrogens is 260 g/mol. The van der Waals surface area contributed by atoms with Crippen LogP contribution < -0.4 is 5.32 Å². The van der Waals surface area contributed by atoms with Crippen molar-refractivity contribution in [2.45, 2.75) is 32.7 Å². The van der Waals surface area contributed by atoms with Gasteiger partial charge in [0, 0.05) is 26.2 Å². The molecule has 110 valence electrons. The fourth-order valence-electron chi connectivity index (χ4n) is 1.92. The molecule has 0 bridgehead atoms. The summed E-state index contributed by atoms with van der Waals surface area (Å²) in [6.45, 7) is 3.99. The van der Waals surface area contributed by atoms with Gasteiger partial charge in [-0.3, -0.25) is 14.9 Å². The Bertz CT molecular complexity index is 504. The summed E-state index contributed by atoms with van der Waals surface area (Å²) in [5.74, 6) is 0.0719. The van der Waals surface area contributed by atoms with Gasteiger partial charge in [0.1, 0.15) is 12.0 Å². The molecule has 0 aliphatic rings. The lowest BCUT2D eigenvalue weighted by Gasteiger charge is -2.25. The van der Waals surface area contributed by atoms with E-state index in [-0.39, 0.29) is 23.2 Å². The third-order valence-corrected chi connectivity index (χ3v) is 3.24. The quantitative estimate of drug-likeness (QED) is 0.638. The van der Waals surface area contributed by atoms with E-state index in [1.54, 1.807) is 19.0 Å². The molecule has 1 amide bonds. The molecule has 0 saturated heterocycles. The Morgan fingerprint density at radius 2 is 2.25 bits per heavy atom. The highest BCUT2D eigenvalue weighted by atomic mass is 16.6. The van der Waals surface area contributed by atoms with Gasteiger partial charge in [-0.15, -0.1) is 0 Å². The molecular formula is C13H20N4O3. The first-order chi connectivity index (χ1) is 9.42. The monoisotopic (exact) mass is 280 g/mol. The van der Waals surface area contributed by atoms with Crippen molar-refractivity contribution in [2.24, 2.45) is 0 Å². The molecule has 7 heteroatoms. The van der Waals surface area contributed by atoms with E-state index in [1.165, 1.54) is 6.07 Å². The van der Waals surface area contributed by atoms with Crippen LogP contribution in [0.15, 0.2) is 12.3 Å². The standard InChI is InChI=1S/C13H20N4O3/c1-5-6-9(2)16(4)13(18)11-7-10(17(19)20)8-15-12(11)14-3/h7-9H,5-6H2,1-4H3,(H,14,15). The van der Waals surface area contributed by atoms with Gasteiger partial charge in [-0.2, -0.15) is 0 Å². The zero-order valence-corrected chi connectivity index (χ0v) is 12.2. The fraction of sp³-hybridized carbons (Fsp3) is 0.538. The smallest absolute Gasteiger partial charge is 0.288 e. The van der Waals surface area contributed by atoms with E-state index in [2.05, 4.69) is 10.3 Å². The topological polar surface area (TPSA) is 88.4 Å². The molecule has 0 fully saturated rings. The summed E-state index contributed by atoms with van der Waals surface area (Å²) in [7, 11) is 3.32. The van der Waals surface area contributed by atoms with Gasteiger partial charge in [0.2, 0.25) is 0 Å². The van der Waals surface area contributed by atoms with Crippen LogP contribution in [0.25, 0.3) is 0 Å². The van der Waals surface area contributed by atoms with Gasteiger partial charge in [-0.05, 0) is 13.3 Å². The van der Waals surface area contributed by atoms with Crippen LogP contribution in [0.4, 0.5) is 11.5 Å². The van der Waals surface area contributed by atoms with Crippen molar-refractivity contribution in [3.8, 4) is 0 Å². The van der Waals surface area contributed by atoms with Crippen molar-refractivity contribution in [1.29, 1.82) is 0 Å². The zero-order valence-electron chi connectivity index (χ0n) is 12.2. The lowest BCUT2D eigenvalue weighted by molar-refractivity contribution is -0.385. The van der Waals surface area contributed by atoms with Gasteiger partial charge in [0.25, 0.3) is 11.6 Å². The van der Waals surface area contributed by atoms with Crippen LogP contribution in [0.2, 0.25) is 0 Å². The summed E-state index contributed by atoms with van der Waals surface area (Å²) in [5.41, 5.74) is 0.0241. The molecule has 20 heavy (non-hydrogen) atoms. The molecule has 1 rings (SSSR count). The predicted octanol–water partition coefficient (Wildman–Crippen LogP) is 2.29. The number of carbonyl (C=O) groups is 1. The Morgan fingerprint density at radius 3 is 2.75 bits per heavy atom. The summed E-state index contributed by atoms with van der Waals surface area (Å²) in [6, 6.07) is 1.33. The molecule has 0 radical (unpaired) electrons. The number of hydrogen-bond donors (Lipinski definition) is 1. The van der Waals surface area contributed by atoms with E-state index in [4.69, 9.17) is 0 Å². The average molecular weight is 280 g/mol. The maximum absolute atomic E-state index is 12.4. The van der Waals surface area contributed by atoms with E-state index >= 15 is 0 Å². The third kappa shape index (κ3) is 3.43. The minimum atomic E-state index is -0.557. The number of hydrogen-bond acceptors (Lipinski definition) is 5. The molecule has 0 spiro atoms. The number of nitro groups is 1. The molecule has 1 aromatic rings. The molecule has 0 aliphatic carbocycles.